The molecule has 1 heterocycles. The third-order valence-corrected chi connectivity index (χ3v) is 4.28. The van der Waals surface area contributed by atoms with Gasteiger partial charge >= 0.3 is 0 Å². The predicted octanol–water partition coefficient (Wildman–Crippen LogP) is 0.873. The molecule has 0 aromatic heterocycles. The zero-order valence-electron chi connectivity index (χ0n) is 9.80. The van der Waals surface area contributed by atoms with Gasteiger partial charge in [-0.15, -0.1) is 0 Å². The van der Waals surface area contributed by atoms with Crippen molar-refractivity contribution in [1.82, 2.24) is 4.72 Å². The van der Waals surface area contributed by atoms with Crippen LogP contribution in [0.1, 0.15) is 12.0 Å². The highest BCUT2D eigenvalue weighted by molar-refractivity contribution is 7.89. The molecular weight excluding hydrogens is 252 g/mol. The van der Waals surface area contributed by atoms with E-state index in [1.807, 2.05) is 6.07 Å². The zero-order chi connectivity index (χ0) is 13.0. The lowest BCUT2D eigenvalue weighted by Crippen LogP contribution is -2.29. The SMILES string of the molecule is N#Cc1cccc(S(=O)(=O)NC[C@H]2CCOC2)c1. The first-order chi connectivity index (χ1) is 8.62. The fourth-order valence-corrected chi connectivity index (χ4v) is 2.95. The molecule has 1 fully saturated rings. The quantitative estimate of drug-likeness (QED) is 0.877. The van der Waals surface area contributed by atoms with Crippen molar-refractivity contribution >= 4 is 10.0 Å². The molecule has 6 heteroatoms. The number of hydrogen-bond donors (Lipinski definition) is 1. The molecule has 1 saturated heterocycles. The Morgan fingerprint density at radius 2 is 2.33 bits per heavy atom. The zero-order valence-corrected chi connectivity index (χ0v) is 10.6. The van der Waals surface area contributed by atoms with Crippen molar-refractivity contribution in [2.45, 2.75) is 11.3 Å². The van der Waals surface area contributed by atoms with Crippen molar-refractivity contribution < 1.29 is 13.2 Å². The number of nitriles is 1. The Balaban J connectivity index is 2.07. The highest BCUT2D eigenvalue weighted by Gasteiger charge is 2.20. The molecule has 0 amide bonds. The summed E-state index contributed by atoms with van der Waals surface area (Å²) in [6, 6.07) is 7.91. The number of ether oxygens (including phenoxy) is 1. The average molecular weight is 266 g/mol. The minimum absolute atomic E-state index is 0.125. The van der Waals surface area contributed by atoms with Crippen molar-refractivity contribution in [3.8, 4) is 6.07 Å². The summed E-state index contributed by atoms with van der Waals surface area (Å²) in [6.45, 7) is 1.66. The maximum Gasteiger partial charge on any atom is 0.240 e. The Labute approximate surface area is 106 Å². The molecule has 0 spiro atoms. The van der Waals surface area contributed by atoms with E-state index in [1.54, 1.807) is 12.1 Å². The molecule has 0 unspecified atom stereocenters. The van der Waals surface area contributed by atoms with Crippen LogP contribution >= 0.6 is 0 Å². The van der Waals surface area contributed by atoms with Gasteiger partial charge in [-0.2, -0.15) is 5.26 Å². The van der Waals surface area contributed by atoms with Gasteiger partial charge in [0.05, 0.1) is 23.1 Å². The molecule has 1 aromatic rings. The second-order valence-corrected chi connectivity index (χ2v) is 5.99. The van der Waals surface area contributed by atoms with Crippen LogP contribution in [0.15, 0.2) is 29.2 Å². The first-order valence-corrected chi connectivity index (χ1v) is 7.18. The normalized spacial score (nSPS) is 19.6. The van der Waals surface area contributed by atoms with Gasteiger partial charge in [0, 0.05) is 13.2 Å². The van der Waals surface area contributed by atoms with Crippen molar-refractivity contribution in [3.05, 3.63) is 29.8 Å². The molecular formula is C12H14N2O3S. The van der Waals surface area contributed by atoms with Gasteiger partial charge in [-0.3, -0.25) is 0 Å². The summed E-state index contributed by atoms with van der Waals surface area (Å²) in [6.07, 6.45) is 0.876. The van der Waals surface area contributed by atoms with E-state index in [2.05, 4.69) is 4.72 Å². The third-order valence-electron chi connectivity index (χ3n) is 2.86. The lowest BCUT2D eigenvalue weighted by atomic mass is 10.1. The molecule has 1 aromatic carbocycles. The number of sulfonamides is 1. The van der Waals surface area contributed by atoms with Crippen LogP contribution in [0.3, 0.4) is 0 Å². The van der Waals surface area contributed by atoms with Gasteiger partial charge in [0.25, 0.3) is 0 Å². The van der Waals surface area contributed by atoms with E-state index in [1.165, 1.54) is 12.1 Å². The van der Waals surface area contributed by atoms with Crippen molar-refractivity contribution in [1.29, 1.82) is 5.26 Å². The van der Waals surface area contributed by atoms with E-state index in [9.17, 15) is 8.42 Å². The van der Waals surface area contributed by atoms with Crippen LogP contribution in [0, 0.1) is 17.2 Å². The van der Waals surface area contributed by atoms with Gasteiger partial charge < -0.3 is 4.74 Å². The summed E-state index contributed by atoms with van der Waals surface area (Å²) in [5.41, 5.74) is 0.335. The molecule has 0 saturated carbocycles. The first-order valence-electron chi connectivity index (χ1n) is 5.69. The number of nitrogens with one attached hydrogen (secondary N) is 1. The van der Waals surface area contributed by atoms with Crippen LogP contribution in [0.25, 0.3) is 0 Å². The Hall–Kier alpha value is -1.42. The van der Waals surface area contributed by atoms with Crippen LogP contribution < -0.4 is 4.72 Å². The third kappa shape index (κ3) is 3.07. The maximum atomic E-state index is 12.0. The number of rotatable bonds is 4. The van der Waals surface area contributed by atoms with Gasteiger partial charge in [-0.25, -0.2) is 13.1 Å². The molecule has 0 aliphatic carbocycles. The van der Waals surface area contributed by atoms with E-state index >= 15 is 0 Å². The lowest BCUT2D eigenvalue weighted by molar-refractivity contribution is 0.186. The van der Waals surface area contributed by atoms with Gasteiger partial charge in [-0.05, 0) is 30.5 Å². The van der Waals surface area contributed by atoms with Crippen LogP contribution in [-0.2, 0) is 14.8 Å². The van der Waals surface area contributed by atoms with Crippen LogP contribution in [0.5, 0.6) is 0 Å². The Morgan fingerprint density at radius 1 is 1.50 bits per heavy atom. The molecule has 0 radical (unpaired) electrons. The van der Waals surface area contributed by atoms with Gasteiger partial charge in [0.2, 0.25) is 10.0 Å². The second kappa shape index (κ2) is 5.48. The van der Waals surface area contributed by atoms with Crippen LogP contribution in [0.4, 0.5) is 0 Å². The minimum Gasteiger partial charge on any atom is -0.381 e. The van der Waals surface area contributed by atoms with E-state index in [4.69, 9.17) is 10.00 Å². The summed E-state index contributed by atoms with van der Waals surface area (Å²) >= 11 is 0. The summed E-state index contributed by atoms with van der Waals surface area (Å²) < 4.78 is 31.7. The van der Waals surface area contributed by atoms with Gasteiger partial charge in [0.1, 0.15) is 0 Å². The van der Waals surface area contributed by atoms with E-state index in [0.29, 0.717) is 25.3 Å². The summed E-state index contributed by atoms with van der Waals surface area (Å²) in [4.78, 5) is 0.125. The molecule has 1 aliphatic heterocycles. The predicted molar refractivity (Wildman–Crippen MR) is 65.3 cm³/mol. The van der Waals surface area contributed by atoms with E-state index < -0.39 is 10.0 Å². The molecule has 0 bridgehead atoms. The molecule has 5 nitrogen and oxygen atoms in total. The van der Waals surface area contributed by atoms with Gasteiger partial charge in [0.15, 0.2) is 0 Å². The highest BCUT2D eigenvalue weighted by Crippen LogP contribution is 2.14. The number of hydrogen-bond acceptors (Lipinski definition) is 4. The van der Waals surface area contributed by atoms with E-state index in [-0.39, 0.29) is 10.8 Å². The fraction of sp³-hybridized carbons (Fsp3) is 0.417. The summed E-state index contributed by atoms with van der Waals surface area (Å²) in [7, 11) is -3.54. The van der Waals surface area contributed by atoms with Crippen LogP contribution in [-0.4, -0.2) is 28.2 Å². The average Bonchev–Trinajstić information content (AvgIpc) is 2.90. The summed E-state index contributed by atoms with van der Waals surface area (Å²) in [5.74, 6) is 0.235. The van der Waals surface area contributed by atoms with Crippen molar-refractivity contribution in [3.63, 3.8) is 0 Å². The molecule has 1 aliphatic rings. The molecule has 2 rings (SSSR count). The monoisotopic (exact) mass is 266 g/mol. The smallest absolute Gasteiger partial charge is 0.240 e. The van der Waals surface area contributed by atoms with Crippen molar-refractivity contribution in [2.75, 3.05) is 19.8 Å². The Bertz CT molecular complexity index is 557. The fourth-order valence-electron chi connectivity index (χ4n) is 1.79. The number of benzene rings is 1. The van der Waals surface area contributed by atoms with Crippen molar-refractivity contribution in [2.24, 2.45) is 5.92 Å². The second-order valence-electron chi connectivity index (χ2n) is 4.22. The van der Waals surface area contributed by atoms with Crippen LogP contribution in [0.2, 0.25) is 0 Å². The topological polar surface area (TPSA) is 79.2 Å². The van der Waals surface area contributed by atoms with E-state index in [0.717, 1.165) is 6.42 Å². The molecule has 96 valence electrons. The van der Waals surface area contributed by atoms with Gasteiger partial charge in [-0.1, -0.05) is 6.07 Å². The number of nitrogens with zero attached hydrogens (tertiary/aromatic N) is 1. The summed E-state index contributed by atoms with van der Waals surface area (Å²) in [5, 5.41) is 8.75. The molecule has 18 heavy (non-hydrogen) atoms. The first kappa shape index (κ1) is 13.0. The minimum atomic E-state index is -3.54. The largest absolute Gasteiger partial charge is 0.381 e. The molecule has 1 N–H and O–H groups in total. The Morgan fingerprint density at radius 3 is 3.00 bits per heavy atom. The molecule has 1 atom stereocenters. The lowest BCUT2D eigenvalue weighted by Gasteiger charge is -2.10. The standard InChI is InChI=1S/C12H14N2O3S/c13-7-10-2-1-3-12(6-10)18(15,16)14-8-11-4-5-17-9-11/h1-3,6,11,14H,4-5,8-9H2/t11-/m1/s1. The maximum absolute atomic E-state index is 12.0. The Kier molecular flexibility index (Phi) is 3.97. The highest BCUT2D eigenvalue weighted by atomic mass is 32.2.